The molecule has 8 heteroatoms. The molecule has 1 fully saturated rings. The van der Waals surface area contributed by atoms with E-state index in [9.17, 15) is 14.4 Å². The molecule has 1 aliphatic rings. The second-order valence-corrected chi connectivity index (χ2v) is 7.16. The van der Waals surface area contributed by atoms with E-state index < -0.39 is 5.25 Å². The molecule has 1 heterocycles. The van der Waals surface area contributed by atoms with E-state index in [0.717, 1.165) is 17.3 Å². The predicted octanol–water partition coefficient (Wildman–Crippen LogP) is 3.57. The Morgan fingerprint density at radius 2 is 1.88 bits per heavy atom. The van der Waals surface area contributed by atoms with Gasteiger partial charge >= 0.3 is 0 Å². The Kier molecular flexibility index (Phi) is 6.15. The van der Waals surface area contributed by atoms with Gasteiger partial charge in [0, 0.05) is 5.56 Å². The van der Waals surface area contributed by atoms with Gasteiger partial charge in [-0.2, -0.15) is 0 Å². The summed E-state index contributed by atoms with van der Waals surface area (Å²) >= 11 is 2.76. The van der Waals surface area contributed by atoms with Crippen LogP contribution in [0.5, 0.6) is 11.5 Å². The predicted molar refractivity (Wildman–Crippen MR) is 106 cm³/mol. The van der Waals surface area contributed by atoms with Crippen molar-refractivity contribution in [1.29, 1.82) is 0 Å². The van der Waals surface area contributed by atoms with Gasteiger partial charge in [-0.15, -0.1) is 0 Å². The molecule has 0 radical (unpaired) electrons. The molecule has 0 spiro atoms. The third kappa shape index (κ3) is 4.76. The van der Waals surface area contributed by atoms with Crippen molar-refractivity contribution in [2.24, 2.45) is 0 Å². The summed E-state index contributed by atoms with van der Waals surface area (Å²) in [5.74, 6) is 0.752. The molecule has 3 rings (SSSR count). The van der Waals surface area contributed by atoms with Gasteiger partial charge < -0.3 is 7.80 Å². The van der Waals surface area contributed by atoms with Gasteiger partial charge in [-0.05, 0) is 36.2 Å². The lowest BCUT2D eigenvalue weighted by atomic mass is 10.1. The minimum Gasteiger partial charge on any atom is -0.485 e. The van der Waals surface area contributed by atoms with Crippen LogP contribution in [0.15, 0.2) is 48.5 Å². The van der Waals surface area contributed by atoms with Gasteiger partial charge in [-0.25, -0.2) is 0 Å². The Morgan fingerprint density at radius 1 is 1.12 bits per heavy atom. The van der Waals surface area contributed by atoms with Gasteiger partial charge in [-0.3, -0.25) is 19.7 Å². The Labute approximate surface area is 168 Å². The molecule has 2 amide bonds. The molecule has 2 aromatic carbocycles. The number of carbonyl (C=O) groups is 3. The van der Waals surface area contributed by atoms with Crippen LogP contribution in [0.1, 0.15) is 15.9 Å². The summed E-state index contributed by atoms with van der Waals surface area (Å²) in [6.45, 7) is -0.0839. The maximum absolute atomic E-state index is 12.2. The minimum atomic E-state index is -0.400. The molecule has 134 valence electrons. The highest BCUT2D eigenvalue weighted by atomic mass is 127. The van der Waals surface area contributed by atoms with Crippen molar-refractivity contribution < 1.29 is 22.2 Å². The molecule has 0 aromatic heterocycles. The van der Waals surface area contributed by atoms with Crippen molar-refractivity contribution >= 4 is 51.7 Å². The zero-order chi connectivity index (χ0) is 18.5. The molecule has 0 bridgehead atoms. The molecule has 0 saturated carbocycles. The SMILES string of the molecule is O=C1NC(=O)C(Cc2ccc(OCC(=O)c3cccc(OI)c3)cc2)S1. The number of nitrogens with one attached hydrogen (secondary N) is 1. The summed E-state index contributed by atoms with van der Waals surface area (Å²) in [6, 6.07) is 14.0. The second-order valence-electron chi connectivity index (χ2n) is 5.55. The maximum Gasteiger partial charge on any atom is 0.286 e. The maximum atomic E-state index is 12.2. The first-order valence-corrected chi connectivity index (χ1v) is 9.46. The van der Waals surface area contributed by atoms with Crippen LogP contribution >= 0.6 is 34.8 Å². The number of thioether (sulfide) groups is 1. The van der Waals surface area contributed by atoms with E-state index in [1.54, 1.807) is 59.4 Å². The minimum absolute atomic E-state index is 0.0839. The smallest absolute Gasteiger partial charge is 0.286 e. The molecule has 0 aliphatic carbocycles. The van der Waals surface area contributed by atoms with Crippen LogP contribution in [0.25, 0.3) is 0 Å². The van der Waals surface area contributed by atoms with Gasteiger partial charge in [0.05, 0.1) is 5.25 Å². The number of halogens is 1. The van der Waals surface area contributed by atoms with Gasteiger partial charge in [0.1, 0.15) is 11.5 Å². The molecule has 2 aromatic rings. The number of imide groups is 1. The van der Waals surface area contributed by atoms with Crippen molar-refractivity contribution in [1.82, 2.24) is 5.32 Å². The number of hydrogen-bond acceptors (Lipinski definition) is 6. The number of rotatable bonds is 7. The largest absolute Gasteiger partial charge is 0.485 e. The number of Topliss-reactive ketones (excluding diaryl/α,β-unsaturated/α-hetero) is 1. The summed E-state index contributed by atoms with van der Waals surface area (Å²) in [5.41, 5.74) is 1.43. The number of ketones is 1. The summed E-state index contributed by atoms with van der Waals surface area (Å²) in [4.78, 5) is 35.0. The van der Waals surface area contributed by atoms with E-state index in [-0.39, 0.29) is 23.5 Å². The van der Waals surface area contributed by atoms with E-state index >= 15 is 0 Å². The van der Waals surface area contributed by atoms with Crippen LogP contribution in [0, 0.1) is 0 Å². The second kappa shape index (κ2) is 8.54. The van der Waals surface area contributed by atoms with Crippen LogP contribution in [0.3, 0.4) is 0 Å². The first-order chi connectivity index (χ1) is 12.5. The lowest BCUT2D eigenvalue weighted by Crippen LogP contribution is -2.25. The highest BCUT2D eigenvalue weighted by Crippen LogP contribution is 2.24. The number of ether oxygens (including phenoxy) is 1. The molecule has 1 saturated heterocycles. The number of hydrogen-bond donors (Lipinski definition) is 1. The third-order valence-corrected chi connectivity index (χ3v) is 5.22. The van der Waals surface area contributed by atoms with Crippen molar-refractivity contribution in [3.63, 3.8) is 0 Å². The highest BCUT2D eigenvalue weighted by Gasteiger charge is 2.31. The topological polar surface area (TPSA) is 81.7 Å². The van der Waals surface area contributed by atoms with Crippen molar-refractivity contribution in [3.8, 4) is 11.5 Å². The number of benzene rings is 2. The third-order valence-electron chi connectivity index (χ3n) is 3.73. The van der Waals surface area contributed by atoms with Crippen LogP contribution < -0.4 is 13.1 Å². The highest BCUT2D eigenvalue weighted by molar-refractivity contribution is 14.1. The quantitative estimate of drug-likeness (QED) is 0.479. The Morgan fingerprint density at radius 3 is 2.54 bits per heavy atom. The Bertz CT molecular complexity index is 840. The van der Waals surface area contributed by atoms with Gasteiger partial charge in [0.25, 0.3) is 5.24 Å². The van der Waals surface area contributed by atoms with Gasteiger partial charge in [0.2, 0.25) is 5.91 Å². The fraction of sp³-hybridized carbons (Fsp3) is 0.167. The van der Waals surface area contributed by atoms with E-state index in [1.165, 1.54) is 0 Å². The van der Waals surface area contributed by atoms with Crippen molar-refractivity contribution in [2.45, 2.75) is 11.7 Å². The fourth-order valence-electron chi connectivity index (χ4n) is 2.41. The van der Waals surface area contributed by atoms with E-state index in [2.05, 4.69) is 5.32 Å². The standard InChI is InChI=1S/C18H14INO5S/c19-25-14-3-1-2-12(9-14)15(21)10-24-13-6-4-11(5-7-13)8-16-17(22)20-18(23)26-16/h1-7,9,16H,8,10H2,(H,20,22,23). The Balaban J connectivity index is 1.55. The molecule has 6 nitrogen and oxygen atoms in total. The van der Waals surface area contributed by atoms with Gasteiger partial charge in [-0.1, -0.05) is 36.0 Å². The molecule has 1 N–H and O–H groups in total. The number of amides is 2. The van der Waals surface area contributed by atoms with E-state index in [4.69, 9.17) is 7.80 Å². The van der Waals surface area contributed by atoms with Crippen LogP contribution in [-0.2, 0) is 11.2 Å². The summed E-state index contributed by atoms with van der Waals surface area (Å²) in [5, 5.41) is 1.56. The molecular weight excluding hydrogens is 469 g/mol. The molecule has 26 heavy (non-hydrogen) atoms. The number of carbonyl (C=O) groups excluding carboxylic acids is 3. The monoisotopic (exact) mass is 483 g/mol. The molecular formula is C18H14INO5S. The Hall–Kier alpha value is -2.07. The summed E-state index contributed by atoms with van der Waals surface area (Å²) < 4.78 is 10.6. The summed E-state index contributed by atoms with van der Waals surface area (Å²) in [7, 11) is 0. The molecule has 1 atom stereocenters. The van der Waals surface area contributed by atoms with Crippen LogP contribution in [0.2, 0.25) is 0 Å². The first-order valence-electron chi connectivity index (χ1n) is 7.70. The fourth-order valence-corrected chi connectivity index (χ4v) is 3.55. The van der Waals surface area contributed by atoms with Gasteiger partial charge in [0.15, 0.2) is 35.4 Å². The normalized spacial score (nSPS) is 16.3. The van der Waals surface area contributed by atoms with E-state index in [0.29, 0.717) is 23.5 Å². The average Bonchev–Trinajstić information content (AvgIpc) is 2.97. The van der Waals surface area contributed by atoms with Crippen molar-refractivity contribution in [2.75, 3.05) is 6.61 Å². The van der Waals surface area contributed by atoms with E-state index in [1.807, 2.05) is 12.1 Å². The first kappa shape index (κ1) is 18.7. The lowest BCUT2D eigenvalue weighted by Gasteiger charge is -2.08. The van der Waals surface area contributed by atoms with Crippen molar-refractivity contribution in [3.05, 3.63) is 59.7 Å². The lowest BCUT2D eigenvalue weighted by molar-refractivity contribution is -0.118. The average molecular weight is 483 g/mol. The summed E-state index contributed by atoms with van der Waals surface area (Å²) in [6.07, 6.45) is 0.463. The molecule has 1 aliphatic heterocycles. The zero-order valence-electron chi connectivity index (χ0n) is 13.4. The molecule has 1 unspecified atom stereocenters. The van der Waals surface area contributed by atoms with Crippen LogP contribution in [0.4, 0.5) is 4.79 Å². The zero-order valence-corrected chi connectivity index (χ0v) is 16.4. The van der Waals surface area contributed by atoms with Crippen LogP contribution in [-0.4, -0.2) is 28.8 Å².